The van der Waals surface area contributed by atoms with Gasteiger partial charge in [0.1, 0.15) is 18.3 Å². The minimum atomic E-state index is -0.302. The zero-order valence-electron chi connectivity index (χ0n) is 12.4. The molecule has 0 amide bonds. The lowest BCUT2D eigenvalue weighted by atomic mass is 10.1. The van der Waals surface area contributed by atoms with Gasteiger partial charge in [-0.05, 0) is 23.8 Å². The first-order valence-electron chi connectivity index (χ1n) is 7.24. The average Bonchev–Trinajstić information content (AvgIpc) is 2.58. The normalized spacial score (nSPS) is 11.6. The number of rotatable bonds is 5. The molecule has 0 aliphatic rings. The monoisotopic (exact) mass is 309 g/mol. The molecule has 3 aromatic rings. The van der Waals surface area contributed by atoms with Crippen molar-refractivity contribution < 1.29 is 9.23 Å². The van der Waals surface area contributed by atoms with Crippen molar-refractivity contribution in [3.05, 3.63) is 77.7 Å². The number of hydrogen-bond acceptors (Lipinski definition) is 3. The molecule has 0 atom stereocenters. The van der Waals surface area contributed by atoms with Gasteiger partial charge in [0, 0.05) is 23.6 Å². The van der Waals surface area contributed by atoms with E-state index < -0.39 is 0 Å². The molecule has 0 radical (unpaired) electrons. The average molecular weight is 309 g/mol. The zero-order chi connectivity index (χ0) is 16.1. The molecule has 0 fully saturated rings. The Balaban J connectivity index is 1.69. The van der Waals surface area contributed by atoms with Gasteiger partial charge >= 0.3 is 0 Å². The second-order valence-corrected chi connectivity index (χ2v) is 5.12. The van der Waals surface area contributed by atoms with Crippen LogP contribution in [0.5, 0.6) is 0 Å². The molecule has 3 rings (SSSR count). The zero-order valence-corrected chi connectivity index (χ0v) is 12.4. The number of amidine groups is 1. The molecule has 1 heterocycles. The minimum absolute atomic E-state index is 0.184. The van der Waals surface area contributed by atoms with Crippen LogP contribution in [-0.2, 0) is 17.9 Å². The first kappa shape index (κ1) is 15.0. The Morgan fingerprint density at radius 2 is 1.91 bits per heavy atom. The van der Waals surface area contributed by atoms with Crippen molar-refractivity contribution in [1.82, 2.24) is 4.98 Å². The molecule has 0 aliphatic carbocycles. The first-order chi connectivity index (χ1) is 11.2. The molecule has 4 nitrogen and oxygen atoms in total. The third-order valence-electron chi connectivity index (χ3n) is 3.43. The topological polar surface area (TPSA) is 60.5 Å². The van der Waals surface area contributed by atoms with Crippen LogP contribution in [0.25, 0.3) is 10.9 Å². The molecule has 2 aromatic carbocycles. The molecule has 116 valence electrons. The van der Waals surface area contributed by atoms with Crippen LogP contribution in [0.4, 0.5) is 4.39 Å². The van der Waals surface area contributed by atoms with Gasteiger partial charge in [0.25, 0.3) is 0 Å². The van der Waals surface area contributed by atoms with Crippen LogP contribution in [0.2, 0.25) is 0 Å². The largest absolute Gasteiger partial charge is 0.389 e. The summed E-state index contributed by atoms with van der Waals surface area (Å²) in [6, 6.07) is 16.2. The van der Waals surface area contributed by atoms with Gasteiger partial charge in [-0.3, -0.25) is 4.98 Å². The maximum absolute atomic E-state index is 13.7. The summed E-state index contributed by atoms with van der Waals surface area (Å²) in [5, 5.41) is 4.38. The van der Waals surface area contributed by atoms with Gasteiger partial charge < -0.3 is 10.6 Å². The highest BCUT2D eigenvalue weighted by Gasteiger charge is 2.07. The number of aromatic nitrogens is 1. The van der Waals surface area contributed by atoms with E-state index in [2.05, 4.69) is 10.1 Å². The number of benzene rings is 2. The number of hydrogen-bond donors (Lipinski definition) is 1. The lowest BCUT2D eigenvalue weighted by Crippen LogP contribution is -2.15. The SMILES string of the molecule is N/C(Cc1ccccc1)=N/OCc1ccc(F)c2cccnc12. The van der Waals surface area contributed by atoms with E-state index in [1.807, 2.05) is 30.3 Å². The molecule has 0 spiro atoms. The summed E-state index contributed by atoms with van der Waals surface area (Å²) < 4.78 is 13.7. The van der Waals surface area contributed by atoms with Gasteiger partial charge in [0.2, 0.25) is 0 Å². The Labute approximate surface area is 133 Å². The first-order valence-corrected chi connectivity index (χ1v) is 7.24. The Morgan fingerprint density at radius 3 is 2.74 bits per heavy atom. The summed E-state index contributed by atoms with van der Waals surface area (Å²) in [6.45, 7) is 0.184. The number of pyridine rings is 1. The Kier molecular flexibility index (Phi) is 4.47. The van der Waals surface area contributed by atoms with Gasteiger partial charge in [-0.15, -0.1) is 0 Å². The standard InChI is InChI=1S/C18H16FN3O/c19-16-9-8-14(18-15(16)7-4-10-21-18)12-23-22-17(20)11-13-5-2-1-3-6-13/h1-10H,11-12H2,(H2,20,22). The van der Waals surface area contributed by atoms with Crippen LogP contribution in [-0.4, -0.2) is 10.8 Å². The summed E-state index contributed by atoms with van der Waals surface area (Å²) in [5.74, 6) is 0.0829. The molecule has 2 N–H and O–H groups in total. The van der Waals surface area contributed by atoms with Gasteiger partial charge in [0.15, 0.2) is 0 Å². The molecular formula is C18H16FN3O. The van der Waals surface area contributed by atoms with E-state index in [1.165, 1.54) is 6.07 Å². The van der Waals surface area contributed by atoms with Crippen LogP contribution < -0.4 is 5.73 Å². The third-order valence-corrected chi connectivity index (χ3v) is 3.43. The fraction of sp³-hybridized carbons (Fsp3) is 0.111. The highest BCUT2D eigenvalue weighted by Crippen LogP contribution is 2.20. The lowest BCUT2D eigenvalue weighted by Gasteiger charge is -2.06. The molecule has 5 heteroatoms. The number of fused-ring (bicyclic) bond motifs is 1. The van der Waals surface area contributed by atoms with Gasteiger partial charge in [-0.2, -0.15) is 0 Å². The number of nitrogens with zero attached hydrogens (tertiary/aromatic N) is 2. The smallest absolute Gasteiger partial charge is 0.144 e. The molecule has 0 saturated carbocycles. The molecule has 0 unspecified atom stereocenters. The van der Waals surface area contributed by atoms with Crippen molar-refractivity contribution in [2.75, 3.05) is 0 Å². The van der Waals surface area contributed by atoms with Crippen molar-refractivity contribution in [3.63, 3.8) is 0 Å². The molecule has 1 aromatic heterocycles. The summed E-state index contributed by atoms with van der Waals surface area (Å²) >= 11 is 0. The van der Waals surface area contributed by atoms with Crippen molar-refractivity contribution in [1.29, 1.82) is 0 Å². The quantitative estimate of drug-likeness (QED) is 0.446. The predicted molar refractivity (Wildman–Crippen MR) is 88.3 cm³/mol. The third kappa shape index (κ3) is 3.63. The Morgan fingerprint density at radius 1 is 1.09 bits per heavy atom. The fourth-order valence-electron chi connectivity index (χ4n) is 2.33. The maximum atomic E-state index is 13.7. The fourth-order valence-corrected chi connectivity index (χ4v) is 2.33. The molecule has 0 bridgehead atoms. The van der Waals surface area contributed by atoms with Crippen LogP contribution in [0, 0.1) is 5.82 Å². The maximum Gasteiger partial charge on any atom is 0.144 e. The summed E-state index contributed by atoms with van der Waals surface area (Å²) in [6.07, 6.45) is 2.14. The molecular weight excluding hydrogens is 293 g/mol. The van der Waals surface area contributed by atoms with Crippen LogP contribution in [0.15, 0.2) is 65.9 Å². The molecule has 23 heavy (non-hydrogen) atoms. The minimum Gasteiger partial charge on any atom is -0.389 e. The van der Waals surface area contributed by atoms with Gasteiger partial charge in [0.05, 0.1) is 5.52 Å². The van der Waals surface area contributed by atoms with Crippen LogP contribution >= 0.6 is 0 Å². The second kappa shape index (κ2) is 6.87. The van der Waals surface area contributed by atoms with E-state index in [-0.39, 0.29) is 12.4 Å². The highest BCUT2D eigenvalue weighted by molar-refractivity contribution is 5.83. The summed E-state index contributed by atoms with van der Waals surface area (Å²) in [5.41, 5.74) is 8.25. The van der Waals surface area contributed by atoms with Crippen molar-refractivity contribution in [2.24, 2.45) is 10.9 Å². The van der Waals surface area contributed by atoms with E-state index in [1.54, 1.807) is 24.4 Å². The van der Waals surface area contributed by atoms with Crippen molar-refractivity contribution in [2.45, 2.75) is 13.0 Å². The van der Waals surface area contributed by atoms with E-state index in [0.717, 1.165) is 11.1 Å². The Bertz CT molecular complexity index is 834. The van der Waals surface area contributed by atoms with Gasteiger partial charge in [-0.1, -0.05) is 41.6 Å². The number of nitrogens with two attached hydrogens (primary N) is 1. The van der Waals surface area contributed by atoms with E-state index in [0.29, 0.717) is 23.2 Å². The van der Waals surface area contributed by atoms with Crippen LogP contribution in [0.3, 0.4) is 0 Å². The Hall–Kier alpha value is -2.95. The number of halogens is 1. The summed E-state index contributed by atoms with van der Waals surface area (Å²) in [7, 11) is 0. The van der Waals surface area contributed by atoms with E-state index >= 15 is 0 Å². The van der Waals surface area contributed by atoms with Crippen molar-refractivity contribution in [3.8, 4) is 0 Å². The second-order valence-electron chi connectivity index (χ2n) is 5.12. The van der Waals surface area contributed by atoms with E-state index in [4.69, 9.17) is 10.6 Å². The molecule has 0 saturated heterocycles. The molecule has 0 aliphatic heterocycles. The predicted octanol–water partition coefficient (Wildman–Crippen LogP) is 3.41. The number of oxime groups is 1. The van der Waals surface area contributed by atoms with Crippen molar-refractivity contribution >= 4 is 16.7 Å². The summed E-state index contributed by atoms with van der Waals surface area (Å²) in [4.78, 5) is 9.51. The highest BCUT2D eigenvalue weighted by atomic mass is 19.1. The van der Waals surface area contributed by atoms with E-state index in [9.17, 15) is 4.39 Å². The lowest BCUT2D eigenvalue weighted by molar-refractivity contribution is 0.130. The van der Waals surface area contributed by atoms with Gasteiger partial charge in [-0.25, -0.2) is 4.39 Å². The van der Waals surface area contributed by atoms with Crippen LogP contribution in [0.1, 0.15) is 11.1 Å².